The summed E-state index contributed by atoms with van der Waals surface area (Å²) in [5.41, 5.74) is 0.340. The Labute approximate surface area is 128 Å². The van der Waals surface area contributed by atoms with E-state index < -0.39 is 23.4 Å². The van der Waals surface area contributed by atoms with Crippen molar-refractivity contribution in [3.63, 3.8) is 0 Å². The van der Waals surface area contributed by atoms with Crippen LogP contribution in [0.25, 0.3) is 0 Å². The van der Waals surface area contributed by atoms with Gasteiger partial charge in [-0.2, -0.15) is 0 Å². The van der Waals surface area contributed by atoms with E-state index in [1.807, 2.05) is 0 Å². The number of carbonyl (C=O) groups excluding carboxylic acids is 1. The molecule has 6 heteroatoms. The smallest absolute Gasteiger partial charge is 0.254 e. The molecule has 0 aliphatic carbocycles. The van der Waals surface area contributed by atoms with Crippen LogP contribution in [0, 0.1) is 17.5 Å². The second-order valence-corrected chi connectivity index (χ2v) is 5.32. The standard InChI is InChI=1S/C15H11BrF3NO/c16-10-1-2-13(14(19)7-10)15(21)20-4-3-9-5-11(17)8-12(18)6-9/h1-2,5-8H,3-4H2,(H,20,21). The third-order valence-corrected chi connectivity index (χ3v) is 3.29. The lowest BCUT2D eigenvalue weighted by molar-refractivity contribution is 0.0950. The van der Waals surface area contributed by atoms with Gasteiger partial charge in [-0.15, -0.1) is 0 Å². The van der Waals surface area contributed by atoms with Crippen LogP contribution in [0.2, 0.25) is 0 Å². The fourth-order valence-electron chi connectivity index (χ4n) is 1.84. The Bertz CT molecular complexity index is 656. The van der Waals surface area contributed by atoms with Gasteiger partial charge < -0.3 is 5.32 Å². The van der Waals surface area contributed by atoms with E-state index in [0.717, 1.165) is 6.07 Å². The minimum absolute atomic E-state index is 0.0800. The lowest BCUT2D eigenvalue weighted by Crippen LogP contribution is -2.26. The Hall–Kier alpha value is -1.82. The van der Waals surface area contributed by atoms with E-state index in [9.17, 15) is 18.0 Å². The van der Waals surface area contributed by atoms with Gasteiger partial charge in [-0.1, -0.05) is 15.9 Å². The van der Waals surface area contributed by atoms with Crippen molar-refractivity contribution in [2.45, 2.75) is 6.42 Å². The molecule has 110 valence electrons. The number of nitrogens with one attached hydrogen (secondary N) is 1. The van der Waals surface area contributed by atoms with Gasteiger partial charge in [0.2, 0.25) is 0 Å². The highest BCUT2D eigenvalue weighted by Gasteiger charge is 2.11. The van der Waals surface area contributed by atoms with Crippen LogP contribution >= 0.6 is 15.9 Å². The fraction of sp³-hybridized carbons (Fsp3) is 0.133. The van der Waals surface area contributed by atoms with Crippen LogP contribution in [0.15, 0.2) is 40.9 Å². The van der Waals surface area contributed by atoms with E-state index in [0.29, 0.717) is 10.0 Å². The largest absolute Gasteiger partial charge is 0.352 e. The van der Waals surface area contributed by atoms with E-state index in [1.54, 1.807) is 6.07 Å². The molecule has 2 aromatic carbocycles. The first-order valence-electron chi connectivity index (χ1n) is 6.14. The molecule has 2 aromatic rings. The van der Waals surface area contributed by atoms with Crippen LogP contribution in [-0.4, -0.2) is 12.5 Å². The number of amides is 1. The van der Waals surface area contributed by atoms with Crippen LogP contribution in [0.4, 0.5) is 13.2 Å². The Morgan fingerprint density at radius 1 is 1.05 bits per heavy atom. The summed E-state index contributed by atoms with van der Waals surface area (Å²) in [4.78, 5) is 11.8. The molecule has 0 bridgehead atoms. The molecule has 0 heterocycles. The number of halogens is 4. The Balaban J connectivity index is 1.95. The molecule has 1 N–H and O–H groups in total. The van der Waals surface area contributed by atoms with Crippen LogP contribution in [-0.2, 0) is 6.42 Å². The summed E-state index contributed by atoms with van der Waals surface area (Å²) in [6.07, 6.45) is 0.249. The average Bonchev–Trinajstić information content (AvgIpc) is 2.37. The lowest BCUT2D eigenvalue weighted by atomic mass is 10.1. The van der Waals surface area contributed by atoms with Crippen molar-refractivity contribution < 1.29 is 18.0 Å². The van der Waals surface area contributed by atoms with E-state index in [-0.39, 0.29) is 18.5 Å². The molecule has 21 heavy (non-hydrogen) atoms. The molecule has 0 unspecified atom stereocenters. The normalized spacial score (nSPS) is 10.5. The molecule has 0 aliphatic rings. The van der Waals surface area contributed by atoms with Crippen molar-refractivity contribution in [2.75, 3.05) is 6.54 Å². The molecule has 0 saturated carbocycles. The predicted molar refractivity (Wildman–Crippen MR) is 76.5 cm³/mol. The predicted octanol–water partition coefficient (Wildman–Crippen LogP) is 3.84. The van der Waals surface area contributed by atoms with E-state index in [4.69, 9.17) is 0 Å². The summed E-state index contributed by atoms with van der Waals surface area (Å²) >= 11 is 3.10. The number of benzene rings is 2. The Morgan fingerprint density at radius 2 is 1.71 bits per heavy atom. The minimum Gasteiger partial charge on any atom is -0.352 e. The Kier molecular flexibility index (Phi) is 5.01. The van der Waals surface area contributed by atoms with Crippen LogP contribution in [0.3, 0.4) is 0 Å². The maximum absolute atomic E-state index is 13.6. The molecule has 1 amide bonds. The maximum atomic E-state index is 13.6. The van der Waals surface area contributed by atoms with Gasteiger partial charge >= 0.3 is 0 Å². The van der Waals surface area contributed by atoms with Crippen molar-refractivity contribution in [2.24, 2.45) is 0 Å². The van der Waals surface area contributed by atoms with Gasteiger partial charge in [-0.05, 0) is 42.3 Å². The van der Waals surface area contributed by atoms with Gasteiger partial charge in [-0.25, -0.2) is 13.2 Å². The number of carbonyl (C=O) groups is 1. The second-order valence-electron chi connectivity index (χ2n) is 4.41. The van der Waals surface area contributed by atoms with Crippen molar-refractivity contribution in [1.82, 2.24) is 5.32 Å². The highest BCUT2D eigenvalue weighted by Crippen LogP contribution is 2.15. The molecular formula is C15H11BrF3NO. The summed E-state index contributed by atoms with van der Waals surface area (Å²) in [5.74, 6) is -2.55. The molecule has 0 saturated heterocycles. The van der Waals surface area contributed by atoms with Crippen LogP contribution in [0.5, 0.6) is 0 Å². The van der Waals surface area contributed by atoms with Gasteiger partial charge in [0.1, 0.15) is 17.5 Å². The molecule has 0 radical (unpaired) electrons. The zero-order valence-electron chi connectivity index (χ0n) is 10.8. The molecule has 2 rings (SSSR count). The first kappa shape index (κ1) is 15.6. The first-order chi connectivity index (χ1) is 9.95. The highest BCUT2D eigenvalue weighted by molar-refractivity contribution is 9.10. The van der Waals surface area contributed by atoms with Crippen molar-refractivity contribution in [1.29, 1.82) is 0 Å². The average molecular weight is 358 g/mol. The quantitative estimate of drug-likeness (QED) is 0.884. The van der Waals surface area contributed by atoms with E-state index in [1.165, 1.54) is 24.3 Å². The zero-order chi connectivity index (χ0) is 15.4. The second kappa shape index (κ2) is 6.76. The molecule has 0 aliphatic heterocycles. The summed E-state index contributed by atoms with van der Waals surface area (Å²) < 4.78 is 40.1. The number of hydrogen-bond donors (Lipinski definition) is 1. The molecule has 2 nitrogen and oxygen atoms in total. The van der Waals surface area contributed by atoms with Gasteiger partial charge in [0, 0.05) is 17.1 Å². The summed E-state index contributed by atoms with van der Waals surface area (Å²) in [5, 5.41) is 2.51. The van der Waals surface area contributed by atoms with Crippen LogP contribution in [0.1, 0.15) is 15.9 Å². The topological polar surface area (TPSA) is 29.1 Å². The molecule has 0 aromatic heterocycles. The first-order valence-corrected chi connectivity index (χ1v) is 6.93. The maximum Gasteiger partial charge on any atom is 0.254 e. The molecule has 0 spiro atoms. The summed E-state index contributed by atoms with van der Waals surface area (Å²) in [6, 6.07) is 7.26. The van der Waals surface area contributed by atoms with Gasteiger partial charge in [0.25, 0.3) is 5.91 Å². The zero-order valence-corrected chi connectivity index (χ0v) is 12.4. The monoisotopic (exact) mass is 357 g/mol. The number of rotatable bonds is 4. The highest BCUT2D eigenvalue weighted by atomic mass is 79.9. The van der Waals surface area contributed by atoms with Gasteiger partial charge in [0.15, 0.2) is 0 Å². The van der Waals surface area contributed by atoms with Crippen LogP contribution < -0.4 is 5.32 Å². The summed E-state index contributed by atoms with van der Waals surface area (Å²) in [6.45, 7) is 0.150. The summed E-state index contributed by atoms with van der Waals surface area (Å²) in [7, 11) is 0. The third kappa shape index (κ3) is 4.32. The number of hydrogen-bond acceptors (Lipinski definition) is 1. The lowest BCUT2D eigenvalue weighted by Gasteiger charge is -2.07. The molecule has 0 atom stereocenters. The van der Waals surface area contributed by atoms with Gasteiger partial charge in [0.05, 0.1) is 5.56 Å². The minimum atomic E-state index is -0.671. The fourth-order valence-corrected chi connectivity index (χ4v) is 2.18. The van der Waals surface area contributed by atoms with Crippen molar-refractivity contribution in [3.05, 3.63) is 69.4 Å². The van der Waals surface area contributed by atoms with E-state index in [2.05, 4.69) is 21.2 Å². The van der Waals surface area contributed by atoms with Crippen molar-refractivity contribution in [3.8, 4) is 0 Å². The molecule has 0 fully saturated rings. The Morgan fingerprint density at radius 3 is 2.33 bits per heavy atom. The van der Waals surface area contributed by atoms with Crippen molar-refractivity contribution >= 4 is 21.8 Å². The molecular weight excluding hydrogens is 347 g/mol. The van der Waals surface area contributed by atoms with E-state index >= 15 is 0 Å². The third-order valence-electron chi connectivity index (χ3n) is 2.80. The van der Waals surface area contributed by atoms with Gasteiger partial charge in [-0.3, -0.25) is 4.79 Å². The SMILES string of the molecule is O=C(NCCc1cc(F)cc(F)c1)c1ccc(Br)cc1F.